The normalized spacial score (nSPS) is 13.7. The van der Waals surface area contributed by atoms with E-state index in [0.717, 1.165) is 22.3 Å². The smallest absolute Gasteiger partial charge is 0.334 e. The second-order valence-electron chi connectivity index (χ2n) is 16.4. The molecule has 2 rings (SSSR count). The molecule has 0 saturated carbocycles. The number of hydrogen-bond donors (Lipinski definition) is 8. The average Bonchev–Trinajstić information content (AvgIpc) is 2.86. The van der Waals surface area contributed by atoms with E-state index in [1.54, 1.807) is 0 Å². The Labute approximate surface area is 279 Å². The molecule has 0 aliphatic heterocycles. The zero-order valence-corrected chi connectivity index (χ0v) is 32.1. The van der Waals surface area contributed by atoms with Crippen LogP contribution in [0.1, 0.15) is 128 Å². The molecule has 9 nitrogen and oxygen atoms in total. The van der Waals surface area contributed by atoms with E-state index in [9.17, 15) is 20.4 Å². The van der Waals surface area contributed by atoms with Crippen LogP contribution in [0.3, 0.4) is 0 Å². The molecule has 0 fully saturated rings. The van der Waals surface area contributed by atoms with Gasteiger partial charge >= 0.3 is 17.2 Å². The predicted molar refractivity (Wildman–Crippen MR) is 188 cm³/mol. The van der Waals surface area contributed by atoms with Gasteiger partial charge in [0, 0.05) is 0 Å². The van der Waals surface area contributed by atoms with Gasteiger partial charge in [-0.2, -0.15) is 0 Å². The third-order valence-electron chi connectivity index (χ3n) is 8.70. The van der Waals surface area contributed by atoms with Gasteiger partial charge in [0.25, 0.3) is 0 Å². The molecule has 0 aromatic heterocycles. The highest BCUT2D eigenvalue weighted by Crippen LogP contribution is 2.50. The monoisotopic (exact) mass is 686 g/mol. The fourth-order valence-corrected chi connectivity index (χ4v) is 6.82. The molecule has 0 radical (unpaired) electrons. The van der Waals surface area contributed by atoms with Crippen molar-refractivity contribution >= 4 is 17.2 Å². The Balaban J connectivity index is 0.00000135. The van der Waals surface area contributed by atoms with E-state index in [1.807, 2.05) is 24.3 Å². The molecule has 0 bridgehead atoms. The van der Waals surface area contributed by atoms with Crippen molar-refractivity contribution in [3.8, 4) is 0 Å². The molecule has 8 N–H and O–H groups in total. The molecule has 0 saturated heterocycles. The summed E-state index contributed by atoms with van der Waals surface area (Å²) in [5.41, 5.74) is 3.43. The zero-order valence-electron chi connectivity index (χ0n) is 30.3. The summed E-state index contributed by atoms with van der Waals surface area (Å²) in [5, 5.41) is 45.5. The van der Waals surface area contributed by atoms with Crippen LogP contribution in [0.2, 0.25) is 0 Å². The first-order chi connectivity index (χ1) is 20.5. The first kappa shape index (κ1) is 43.0. The molecule has 46 heavy (non-hydrogen) atoms. The highest BCUT2D eigenvalue weighted by Gasteiger charge is 2.53. The van der Waals surface area contributed by atoms with Crippen molar-refractivity contribution in [3.63, 3.8) is 0 Å². The van der Waals surface area contributed by atoms with Crippen LogP contribution in [0.4, 0.5) is 0 Å². The molecular weight excluding hydrogens is 626 g/mol. The van der Waals surface area contributed by atoms with Gasteiger partial charge in [-0.3, -0.25) is 0 Å². The molecule has 11 heteroatoms. The summed E-state index contributed by atoms with van der Waals surface area (Å²) in [5.74, 6) is 0. The lowest BCUT2D eigenvalue weighted by molar-refractivity contribution is -0.136. The van der Waals surface area contributed by atoms with Crippen LogP contribution in [0.5, 0.6) is 0 Å². The van der Waals surface area contributed by atoms with Crippen LogP contribution in [0.25, 0.3) is 0 Å². The van der Waals surface area contributed by atoms with E-state index in [1.165, 1.54) is 11.1 Å². The first-order valence-corrected chi connectivity index (χ1v) is 17.8. The fraction of sp³-hybridized carbons (Fsp3) is 0.657. The lowest BCUT2D eigenvalue weighted by Gasteiger charge is -2.47. The van der Waals surface area contributed by atoms with E-state index in [4.69, 9.17) is 19.6 Å². The molecule has 0 aliphatic carbocycles. The van der Waals surface area contributed by atoms with Crippen LogP contribution in [-0.2, 0) is 31.6 Å². The SMILES string of the molecule is Cc1c(C(C)(C)C)cc(C(O)(c2cc(C(C)(C)C)c(C)c(C(C)(C)C)c2)C(CO)(CO)CO)cc1C(C)(C)C.OP(O)OP(O)O. The van der Waals surface area contributed by atoms with Crippen molar-refractivity contribution in [2.75, 3.05) is 19.8 Å². The van der Waals surface area contributed by atoms with Gasteiger partial charge in [-0.1, -0.05) is 107 Å². The summed E-state index contributed by atoms with van der Waals surface area (Å²) in [7, 11) is -5.22. The lowest BCUT2D eigenvalue weighted by Crippen LogP contribution is -2.54. The van der Waals surface area contributed by atoms with E-state index in [2.05, 4.69) is 101 Å². The van der Waals surface area contributed by atoms with Crippen molar-refractivity contribution in [3.05, 3.63) is 68.8 Å². The number of rotatable bonds is 8. The summed E-state index contributed by atoms with van der Waals surface area (Å²) >= 11 is 0. The quantitative estimate of drug-likeness (QED) is 0.153. The van der Waals surface area contributed by atoms with Gasteiger partial charge in [0.05, 0.1) is 25.2 Å². The third-order valence-corrected chi connectivity index (χ3v) is 9.87. The number of hydrogen-bond acceptors (Lipinski definition) is 9. The lowest BCUT2D eigenvalue weighted by atomic mass is 9.62. The standard InChI is InChI=1S/C35H56O4.H4O5P2/c1-22-26(30(3,4)5)15-24(16-27(22)31(6,7)8)35(39,34(19-36,20-37)21-38)25-17-28(32(9,10)11)23(2)29(18-25)33(12,13)14;1-6(2)5-7(3)4/h15-18,36-39H,19-21H2,1-14H3;1-4H. The average molecular weight is 687 g/mol. The maximum Gasteiger partial charge on any atom is 0.334 e. The predicted octanol–water partition coefficient (Wildman–Crippen LogP) is 6.12. The van der Waals surface area contributed by atoms with Crippen molar-refractivity contribution < 1.29 is 44.3 Å². The molecule has 0 heterocycles. The molecule has 0 spiro atoms. The summed E-state index contributed by atoms with van der Waals surface area (Å²) in [4.78, 5) is 31.3. The van der Waals surface area contributed by atoms with Gasteiger partial charge in [-0.25, -0.2) is 4.31 Å². The van der Waals surface area contributed by atoms with Crippen molar-refractivity contribution in [1.82, 2.24) is 0 Å². The molecule has 264 valence electrons. The van der Waals surface area contributed by atoms with Crippen molar-refractivity contribution in [1.29, 1.82) is 0 Å². The molecule has 2 aromatic carbocycles. The first-order valence-electron chi connectivity index (χ1n) is 15.5. The highest BCUT2D eigenvalue weighted by molar-refractivity contribution is 7.53. The maximum atomic E-state index is 13.1. The van der Waals surface area contributed by atoms with E-state index < -0.39 is 48.0 Å². The highest BCUT2D eigenvalue weighted by atomic mass is 31.2. The summed E-state index contributed by atoms with van der Waals surface area (Å²) in [6, 6.07) is 8.09. The minimum atomic E-state index is -2.61. The van der Waals surface area contributed by atoms with Gasteiger partial charge in [-0.05, 0) is 80.0 Å². The third kappa shape index (κ3) is 9.55. The van der Waals surface area contributed by atoms with Crippen LogP contribution in [-0.4, -0.2) is 59.8 Å². The van der Waals surface area contributed by atoms with E-state index >= 15 is 0 Å². The minimum Gasteiger partial charge on any atom is -0.395 e. The number of benzene rings is 2. The topological polar surface area (TPSA) is 171 Å². The van der Waals surface area contributed by atoms with Gasteiger partial charge in [-0.15, -0.1) is 0 Å². The maximum absolute atomic E-state index is 13.1. The van der Waals surface area contributed by atoms with Crippen LogP contribution in [0.15, 0.2) is 24.3 Å². The second kappa shape index (κ2) is 15.2. The molecule has 0 atom stereocenters. The Morgan fingerprint density at radius 2 is 0.717 bits per heavy atom. The Morgan fingerprint density at radius 1 is 0.500 bits per heavy atom. The van der Waals surface area contributed by atoms with Gasteiger partial charge in [0.2, 0.25) is 0 Å². The van der Waals surface area contributed by atoms with Gasteiger partial charge in [0.1, 0.15) is 5.60 Å². The van der Waals surface area contributed by atoms with Crippen LogP contribution >= 0.6 is 17.2 Å². The van der Waals surface area contributed by atoms with Gasteiger partial charge < -0.3 is 40.0 Å². The van der Waals surface area contributed by atoms with E-state index in [-0.39, 0.29) is 21.7 Å². The zero-order chi connectivity index (χ0) is 36.4. The Bertz CT molecular complexity index is 1140. The molecule has 0 amide bonds. The summed E-state index contributed by atoms with van der Waals surface area (Å²) < 4.78 is 3.60. The largest absolute Gasteiger partial charge is 0.395 e. The molecule has 0 unspecified atom stereocenters. The van der Waals surface area contributed by atoms with Crippen LogP contribution in [0, 0.1) is 19.3 Å². The second-order valence-corrected chi connectivity index (χ2v) is 18.1. The van der Waals surface area contributed by atoms with Crippen molar-refractivity contribution in [2.24, 2.45) is 5.41 Å². The number of aliphatic hydroxyl groups is 4. The van der Waals surface area contributed by atoms with Crippen LogP contribution < -0.4 is 0 Å². The van der Waals surface area contributed by atoms with Gasteiger partial charge in [0.15, 0.2) is 0 Å². The molecule has 2 aromatic rings. The molecule has 0 aliphatic rings. The summed E-state index contributed by atoms with van der Waals surface area (Å²) in [6.07, 6.45) is 0. The Morgan fingerprint density at radius 3 is 0.848 bits per heavy atom. The molecular formula is C35H60O9P2. The van der Waals surface area contributed by atoms with E-state index in [0.29, 0.717) is 11.1 Å². The number of aliphatic hydroxyl groups excluding tert-OH is 3. The fourth-order valence-electron chi connectivity index (χ4n) is 6.30. The Hall–Kier alpha value is -1.06. The summed E-state index contributed by atoms with van der Waals surface area (Å²) in [6.45, 7) is 28.3. The minimum absolute atomic E-state index is 0.221. The van der Waals surface area contributed by atoms with Crippen molar-refractivity contribution in [2.45, 2.75) is 124 Å². The Kier molecular flexibility index (Phi) is 14.2.